The van der Waals surface area contributed by atoms with Crippen molar-refractivity contribution in [3.8, 4) is 78.5 Å². The molecule has 310 valence electrons. The summed E-state index contributed by atoms with van der Waals surface area (Å²) in [6.45, 7) is 2.38. The zero-order chi connectivity index (χ0) is 43.8. The Morgan fingerprint density at radius 3 is 1.48 bits per heavy atom. The lowest BCUT2D eigenvalue weighted by molar-refractivity contribution is 0.619. The molecule has 66 heavy (non-hydrogen) atoms. The smallest absolute Gasteiger partial charge is 0.227 e. The van der Waals surface area contributed by atoms with Crippen LogP contribution in [0, 0.1) is 0 Å². The molecule has 2 heterocycles. The summed E-state index contributed by atoms with van der Waals surface area (Å²) in [5.41, 5.74) is 20.5. The van der Waals surface area contributed by atoms with E-state index < -0.39 is 0 Å². The molecule has 0 N–H and O–H groups in total. The van der Waals surface area contributed by atoms with Crippen LogP contribution in [0.15, 0.2) is 233 Å². The SMILES string of the molecule is CC1(c2ccccc2)c2ccccc2-c2ccc(-c3cc(-c4cc(-c5ccc(-c6nc7ccccc7o6)cc5)cc(-c5ccc(-c6nc7ccccc7o6)cc5)c4)c4ccccc4c3)cc21. The molecule has 0 saturated carbocycles. The highest BCUT2D eigenvalue weighted by Crippen LogP contribution is 2.53. The topological polar surface area (TPSA) is 52.1 Å². The third-order valence-corrected chi connectivity index (χ3v) is 13.6. The standard InChI is InChI=1S/C62H40N2O2/c1-62(49-14-3-2-4-15-49)54-18-8-7-17-51(54)52-32-31-43(38-55(52)62)47-33-44-13-5-6-16-50(44)53(37-47)48-35-45(39-23-27-41(28-24-39)60-63-56-19-9-11-21-58(56)65-60)34-46(36-48)40-25-29-42(30-26-40)61-64-57-20-10-12-22-59(57)66-61/h2-38H,1H3. The fourth-order valence-corrected chi connectivity index (χ4v) is 10.2. The van der Waals surface area contributed by atoms with Crippen LogP contribution in [-0.2, 0) is 5.41 Å². The van der Waals surface area contributed by atoms with Crippen LogP contribution < -0.4 is 0 Å². The number of para-hydroxylation sites is 4. The lowest BCUT2D eigenvalue weighted by atomic mass is 9.74. The van der Waals surface area contributed by atoms with Crippen LogP contribution in [0.5, 0.6) is 0 Å². The molecule has 1 aliphatic carbocycles. The van der Waals surface area contributed by atoms with Crippen molar-refractivity contribution < 1.29 is 8.83 Å². The van der Waals surface area contributed by atoms with Gasteiger partial charge in [-0.1, -0.05) is 140 Å². The van der Waals surface area contributed by atoms with E-state index in [4.69, 9.17) is 18.8 Å². The maximum atomic E-state index is 6.15. The summed E-state index contributed by atoms with van der Waals surface area (Å²) in [4.78, 5) is 9.54. The third kappa shape index (κ3) is 6.22. The van der Waals surface area contributed by atoms with Gasteiger partial charge in [-0.05, 0) is 175 Å². The lowest BCUT2D eigenvalue weighted by Crippen LogP contribution is -2.22. The van der Waals surface area contributed by atoms with Crippen LogP contribution in [0.2, 0.25) is 0 Å². The van der Waals surface area contributed by atoms with E-state index in [-0.39, 0.29) is 5.41 Å². The highest BCUT2D eigenvalue weighted by atomic mass is 16.4. The molecule has 0 spiro atoms. The van der Waals surface area contributed by atoms with Crippen molar-refractivity contribution >= 4 is 33.0 Å². The molecule has 10 aromatic carbocycles. The molecule has 1 unspecified atom stereocenters. The molecule has 13 rings (SSSR count). The summed E-state index contributed by atoms with van der Waals surface area (Å²) < 4.78 is 12.3. The van der Waals surface area contributed by atoms with E-state index in [0.29, 0.717) is 11.8 Å². The lowest BCUT2D eigenvalue weighted by Gasteiger charge is -2.28. The van der Waals surface area contributed by atoms with Crippen LogP contribution in [0.4, 0.5) is 0 Å². The van der Waals surface area contributed by atoms with E-state index >= 15 is 0 Å². The number of oxazole rings is 2. The van der Waals surface area contributed by atoms with E-state index in [1.165, 1.54) is 55.3 Å². The van der Waals surface area contributed by atoms with Crippen molar-refractivity contribution in [3.63, 3.8) is 0 Å². The van der Waals surface area contributed by atoms with E-state index in [9.17, 15) is 0 Å². The number of hydrogen-bond donors (Lipinski definition) is 0. The van der Waals surface area contributed by atoms with E-state index in [0.717, 1.165) is 61.1 Å². The molecule has 1 atom stereocenters. The van der Waals surface area contributed by atoms with E-state index in [1.54, 1.807) is 0 Å². The zero-order valence-corrected chi connectivity index (χ0v) is 36.1. The average molecular weight is 845 g/mol. The predicted octanol–water partition coefficient (Wildman–Crippen LogP) is 16.5. The van der Waals surface area contributed by atoms with Crippen molar-refractivity contribution in [2.75, 3.05) is 0 Å². The molecule has 1 aliphatic rings. The van der Waals surface area contributed by atoms with E-state index in [2.05, 4.69) is 183 Å². The Morgan fingerprint density at radius 1 is 0.333 bits per heavy atom. The molecule has 4 nitrogen and oxygen atoms in total. The van der Waals surface area contributed by atoms with Gasteiger partial charge in [0.05, 0.1) is 0 Å². The largest absolute Gasteiger partial charge is 0.436 e. The van der Waals surface area contributed by atoms with Crippen molar-refractivity contribution in [2.45, 2.75) is 12.3 Å². The van der Waals surface area contributed by atoms with Crippen LogP contribution in [0.25, 0.3) is 112 Å². The van der Waals surface area contributed by atoms with Crippen LogP contribution >= 0.6 is 0 Å². The number of benzene rings is 10. The molecule has 0 fully saturated rings. The molecule has 0 bridgehead atoms. The van der Waals surface area contributed by atoms with Gasteiger partial charge in [0.2, 0.25) is 11.8 Å². The van der Waals surface area contributed by atoms with E-state index in [1.807, 2.05) is 48.5 Å². The van der Waals surface area contributed by atoms with Gasteiger partial charge >= 0.3 is 0 Å². The Bertz CT molecular complexity index is 3620. The predicted molar refractivity (Wildman–Crippen MR) is 269 cm³/mol. The van der Waals surface area contributed by atoms with Crippen LogP contribution in [-0.4, -0.2) is 9.97 Å². The van der Waals surface area contributed by atoms with Crippen molar-refractivity contribution in [1.29, 1.82) is 0 Å². The van der Waals surface area contributed by atoms with Crippen molar-refractivity contribution in [1.82, 2.24) is 9.97 Å². The maximum Gasteiger partial charge on any atom is 0.227 e. The molecule has 0 radical (unpaired) electrons. The first-order valence-corrected chi connectivity index (χ1v) is 22.4. The fourth-order valence-electron chi connectivity index (χ4n) is 10.2. The first kappa shape index (κ1) is 37.9. The molecule has 12 aromatic rings. The Hall–Kier alpha value is -8.60. The first-order chi connectivity index (χ1) is 32.5. The molecule has 0 amide bonds. The first-order valence-electron chi connectivity index (χ1n) is 22.4. The average Bonchev–Trinajstić information content (AvgIpc) is 4.10. The van der Waals surface area contributed by atoms with Gasteiger partial charge in [0, 0.05) is 16.5 Å². The normalized spacial score (nSPS) is 14.2. The Kier molecular flexibility index (Phi) is 8.62. The number of fused-ring (bicyclic) bond motifs is 6. The van der Waals surface area contributed by atoms with Gasteiger partial charge in [0.25, 0.3) is 0 Å². The summed E-state index contributed by atoms with van der Waals surface area (Å²) in [6, 6.07) is 80.3. The highest BCUT2D eigenvalue weighted by molar-refractivity contribution is 6.02. The fraction of sp³-hybridized carbons (Fsp3) is 0.0323. The highest BCUT2D eigenvalue weighted by Gasteiger charge is 2.40. The zero-order valence-electron chi connectivity index (χ0n) is 36.1. The summed E-state index contributed by atoms with van der Waals surface area (Å²) in [5, 5.41) is 2.39. The molecular formula is C62H40N2O2. The molecular weight excluding hydrogens is 805 g/mol. The van der Waals surface area contributed by atoms with Gasteiger partial charge in [0.15, 0.2) is 11.2 Å². The second-order valence-corrected chi connectivity index (χ2v) is 17.5. The number of rotatable bonds is 7. The molecule has 0 aliphatic heterocycles. The summed E-state index contributed by atoms with van der Waals surface area (Å²) >= 11 is 0. The van der Waals surface area contributed by atoms with Crippen LogP contribution in [0.3, 0.4) is 0 Å². The Labute approximate surface area is 382 Å². The molecule has 2 aromatic heterocycles. The van der Waals surface area contributed by atoms with Crippen molar-refractivity contribution in [2.24, 2.45) is 0 Å². The summed E-state index contributed by atoms with van der Waals surface area (Å²) in [7, 11) is 0. The van der Waals surface area contributed by atoms with Gasteiger partial charge in [-0.25, -0.2) is 9.97 Å². The molecule has 4 heteroatoms. The monoisotopic (exact) mass is 844 g/mol. The summed E-state index contributed by atoms with van der Waals surface area (Å²) in [5.74, 6) is 1.22. The van der Waals surface area contributed by atoms with Gasteiger partial charge in [-0.3, -0.25) is 0 Å². The number of nitrogens with zero attached hydrogens (tertiary/aromatic N) is 2. The van der Waals surface area contributed by atoms with Gasteiger partial charge in [0.1, 0.15) is 11.0 Å². The second kappa shape index (κ2) is 15.0. The Morgan fingerprint density at radius 2 is 0.833 bits per heavy atom. The van der Waals surface area contributed by atoms with Crippen molar-refractivity contribution in [3.05, 3.63) is 241 Å². The quantitative estimate of drug-likeness (QED) is 0.160. The maximum absolute atomic E-state index is 6.15. The summed E-state index contributed by atoms with van der Waals surface area (Å²) in [6.07, 6.45) is 0. The van der Waals surface area contributed by atoms with Gasteiger partial charge in [-0.15, -0.1) is 0 Å². The molecule has 0 saturated heterocycles. The minimum absolute atomic E-state index is 0.294. The van der Waals surface area contributed by atoms with Gasteiger partial charge in [-0.2, -0.15) is 0 Å². The second-order valence-electron chi connectivity index (χ2n) is 17.5. The minimum Gasteiger partial charge on any atom is -0.436 e. The number of hydrogen-bond acceptors (Lipinski definition) is 4. The number of aromatic nitrogens is 2. The Balaban J connectivity index is 0.958. The van der Waals surface area contributed by atoms with Gasteiger partial charge < -0.3 is 8.83 Å². The third-order valence-electron chi connectivity index (χ3n) is 13.6. The minimum atomic E-state index is -0.294. The van der Waals surface area contributed by atoms with Crippen LogP contribution in [0.1, 0.15) is 23.6 Å².